The second-order valence-electron chi connectivity index (χ2n) is 6.58. The molecule has 0 aliphatic carbocycles. The summed E-state index contributed by atoms with van der Waals surface area (Å²) < 4.78 is 25.2. The zero-order valence-corrected chi connectivity index (χ0v) is 16.1. The number of hydrogen-bond donors (Lipinski definition) is 1. The Morgan fingerprint density at radius 1 is 1.36 bits per heavy atom. The molecule has 1 aromatic carbocycles. The summed E-state index contributed by atoms with van der Waals surface area (Å²) in [6, 6.07) is 6.38. The molecule has 0 fully saturated rings. The van der Waals surface area contributed by atoms with Crippen molar-refractivity contribution in [3.8, 4) is 16.2 Å². The van der Waals surface area contributed by atoms with Crippen LogP contribution in [0.3, 0.4) is 0 Å². The Morgan fingerprint density at radius 3 is 2.86 bits per heavy atom. The van der Waals surface area contributed by atoms with Gasteiger partial charge in [0.25, 0.3) is 5.91 Å². The highest BCUT2D eigenvalue weighted by Crippen LogP contribution is 2.42. The maximum Gasteiger partial charge on any atom is 0.289 e. The molecule has 28 heavy (non-hydrogen) atoms. The van der Waals surface area contributed by atoms with Crippen LogP contribution >= 0.6 is 11.3 Å². The van der Waals surface area contributed by atoms with Gasteiger partial charge in [0.2, 0.25) is 5.76 Å². The van der Waals surface area contributed by atoms with Crippen LogP contribution in [-0.4, -0.2) is 29.3 Å². The lowest BCUT2D eigenvalue weighted by molar-refractivity contribution is 0.0904. The van der Waals surface area contributed by atoms with Crippen LogP contribution in [0.4, 0.5) is 4.39 Å². The number of ether oxygens (including phenoxy) is 1. The van der Waals surface area contributed by atoms with Crippen LogP contribution in [0.25, 0.3) is 10.4 Å². The number of nitrogens with zero attached hydrogens (tertiary/aromatic N) is 1. The lowest BCUT2D eigenvalue weighted by Crippen LogP contribution is -2.34. The van der Waals surface area contributed by atoms with Crippen LogP contribution in [0.5, 0.6) is 5.75 Å². The predicted molar refractivity (Wildman–Crippen MR) is 101 cm³/mol. The van der Waals surface area contributed by atoms with Gasteiger partial charge < -0.3 is 14.5 Å². The van der Waals surface area contributed by atoms with Crippen LogP contribution < -0.4 is 10.1 Å². The van der Waals surface area contributed by atoms with E-state index >= 15 is 0 Å². The Morgan fingerprint density at radius 2 is 2.18 bits per heavy atom. The molecule has 0 bridgehead atoms. The van der Waals surface area contributed by atoms with E-state index in [1.54, 1.807) is 19.1 Å². The number of rotatable bonds is 5. The van der Waals surface area contributed by atoms with Crippen molar-refractivity contribution in [2.75, 3.05) is 6.54 Å². The van der Waals surface area contributed by atoms with E-state index in [-0.39, 0.29) is 35.9 Å². The molecule has 1 atom stereocenters. The SMILES string of the molecule is CC(=O)c1ccc(-c2cc(F)cc3c2OC(CNC(=O)c2ocnc2C)C3)s1. The predicted octanol–water partition coefficient (Wildman–Crippen LogP) is 3.79. The molecular weight excluding hydrogens is 383 g/mol. The third-order valence-electron chi connectivity index (χ3n) is 4.52. The highest BCUT2D eigenvalue weighted by atomic mass is 32.1. The van der Waals surface area contributed by atoms with Gasteiger partial charge in [0, 0.05) is 22.4 Å². The minimum Gasteiger partial charge on any atom is -0.487 e. The van der Waals surface area contributed by atoms with Crippen molar-refractivity contribution in [3.63, 3.8) is 0 Å². The number of nitrogens with one attached hydrogen (secondary N) is 1. The number of benzene rings is 1. The Labute approximate surface area is 164 Å². The quantitative estimate of drug-likeness (QED) is 0.659. The average molecular weight is 400 g/mol. The summed E-state index contributed by atoms with van der Waals surface area (Å²) in [5, 5.41) is 2.76. The molecule has 0 saturated carbocycles. The van der Waals surface area contributed by atoms with Gasteiger partial charge in [0.1, 0.15) is 17.7 Å². The smallest absolute Gasteiger partial charge is 0.289 e. The number of Topliss-reactive ketones (excluding diaryl/α,β-unsaturated/α-hetero) is 1. The fourth-order valence-corrected chi connectivity index (χ4v) is 4.08. The molecule has 1 N–H and O–H groups in total. The second kappa shape index (κ2) is 7.20. The molecule has 0 saturated heterocycles. The summed E-state index contributed by atoms with van der Waals surface area (Å²) in [4.78, 5) is 29.0. The van der Waals surface area contributed by atoms with Crippen LogP contribution in [0, 0.1) is 12.7 Å². The molecule has 8 heteroatoms. The van der Waals surface area contributed by atoms with Crippen LogP contribution in [-0.2, 0) is 6.42 Å². The first kappa shape index (κ1) is 18.4. The Balaban J connectivity index is 1.52. The molecule has 0 radical (unpaired) electrons. The number of carbonyl (C=O) groups is 2. The first-order valence-corrected chi connectivity index (χ1v) is 9.52. The molecule has 1 aliphatic heterocycles. The average Bonchev–Trinajstić information content (AvgIpc) is 3.37. The van der Waals surface area contributed by atoms with Crippen LogP contribution in [0.15, 0.2) is 35.1 Å². The Kier molecular flexibility index (Phi) is 4.72. The Bertz CT molecular complexity index is 1070. The Hall–Kier alpha value is -3.00. The minimum absolute atomic E-state index is 0.0338. The standard InChI is InChI=1S/C20H17FN2O4S/c1-10-18(26-9-23-10)20(25)22-8-14-6-12-5-13(21)7-15(19(12)27-14)17-4-3-16(28-17)11(2)24/h3-5,7,9,14H,6,8H2,1-2H3,(H,22,25). The molecule has 1 aliphatic rings. The number of amides is 1. The number of aromatic nitrogens is 1. The number of thiophene rings is 1. The molecule has 2 aromatic heterocycles. The van der Waals surface area contributed by atoms with Gasteiger partial charge in [-0.3, -0.25) is 9.59 Å². The van der Waals surface area contributed by atoms with E-state index in [0.29, 0.717) is 28.3 Å². The number of carbonyl (C=O) groups excluding carboxylic acids is 2. The van der Waals surface area contributed by atoms with Crippen molar-refractivity contribution < 1.29 is 23.1 Å². The van der Waals surface area contributed by atoms with Gasteiger partial charge in [0.15, 0.2) is 12.2 Å². The molecule has 0 spiro atoms. The van der Waals surface area contributed by atoms with Crippen LogP contribution in [0.2, 0.25) is 0 Å². The first-order valence-electron chi connectivity index (χ1n) is 8.71. The maximum absolute atomic E-state index is 14.1. The normalized spacial score (nSPS) is 15.2. The van der Waals surface area contributed by atoms with E-state index in [4.69, 9.17) is 9.15 Å². The summed E-state index contributed by atoms with van der Waals surface area (Å²) in [5.74, 6) is -0.0121. The van der Waals surface area contributed by atoms with Gasteiger partial charge in [-0.25, -0.2) is 9.37 Å². The molecule has 1 amide bonds. The van der Waals surface area contributed by atoms with Crippen molar-refractivity contribution in [2.24, 2.45) is 0 Å². The van der Waals surface area contributed by atoms with E-state index in [0.717, 1.165) is 10.4 Å². The van der Waals surface area contributed by atoms with Crippen molar-refractivity contribution in [3.05, 3.63) is 58.4 Å². The molecule has 1 unspecified atom stereocenters. The topological polar surface area (TPSA) is 81.4 Å². The molecular formula is C20H17FN2O4S. The van der Waals surface area contributed by atoms with E-state index in [2.05, 4.69) is 10.3 Å². The fraction of sp³-hybridized carbons (Fsp3) is 0.250. The number of fused-ring (bicyclic) bond motifs is 1. The largest absolute Gasteiger partial charge is 0.487 e. The van der Waals surface area contributed by atoms with Gasteiger partial charge in [-0.1, -0.05) is 0 Å². The van der Waals surface area contributed by atoms with Gasteiger partial charge in [-0.05, 0) is 38.1 Å². The maximum atomic E-state index is 14.1. The van der Waals surface area contributed by atoms with Gasteiger partial charge in [-0.15, -0.1) is 11.3 Å². The van der Waals surface area contributed by atoms with E-state index < -0.39 is 0 Å². The second-order valence-corrected chi connectivity index (χ2v) is 7.67. The highest BCUT2D eigenvalue weighted by molar-refractivity contribution is 7.17. The van der Waals surface area contributed by atoms with Gasteiger partial charge >= 0.3 is 0 Å². The summed E-state index contributed by atoms with van der Waals surface area (Å²) in [5.41, 5.74) is 1.87. The third-order valence-corrected chi connectivity index (χ3v) is 5.74. The first-order chi connectivity index (χ1) is 13.4. The van der Waals surface area contributed by atoms with Crippen LogP contribution in [0.1, 0.15) is 38.4 Å². The van der Waals surface area contributed by atoms with Crippen molar-refractivity contribution in [1.82, 2.24) is 10.3 Å². The zero-order chi connectivity index (χ0) is 19.8. The molecule has 144 valence electrons. The summed E-state index contributed by atoms with van der Waals surface area (Å²) in [6.07, 6.45) is 1.37. The molecule has 3 aromatic rings. The lowest BCUT2D eigenvalue weighted by Gasteiger charge is -2.12. The number of hydrogen-bond acceptors (Lipinski definition) is 6. The van der Waals surface area contributed by atoms with Gasteiger partial charge in [-0.2, -0.15) is 0 Å². The number of halogens is 1. The molecule has 4 rings (SSSR count). The van der Waals surface area contributed by atoms with Crippen molar-refractivity contribution >= 4 is 23.0 Å². The highest BCUT2D eigenvalue weighted by Gasteiger charge is 2.28. The number of ketones is 1. The van der Waals surface area contributed by atoms with Crippen molar-refractivity contribution in [1.29, 1.82) is 0 Å². The van der Waals surface area contributed by atoms with Gasteiger partial charge in [0.05, 0.1) is 17.1 Å². The molecule has 6 nitrogen and oxygen atoms in total. The van der Waals surface area contributed by atoms with Crippen molar-refractivity contribution in [2.45, 2.75) is 26.4 Å². The fourth-order valence-electron chi connectivity index (χ4n) is 3.17. The number of oxazole rings is 1. The summed E-state index contributed by atoms with van der Waals surface area (Å²) >= 11 is 1.30. The molecule has 3 heterocycles. The van der Waals surface area contributed by atoms with E-state index in [1.165, 1.54) is 36.8 Å². The summed E-state index contributed by atoms with van der Waals surface area (Å²) in [6.45, 7) is 3.43. The monoisotopic (exact) mass is 400 g/mol. The number of aryl methyl sites for hydroxylation is 1. The lowest BCUT2D eigenvalue weighted by atomic mass is 10.0. The summed E-state index contributed by atoms with van der Waals surface area (Å²) in [7, 11) is 0. The third kappa shape index (κ3) is 3.43. The van der Waals surface area contributed by atoms with E-state index in [9.17, 15) is 14.0 Å². The van der Waals surface area contributed by atoms with E-state index in [1.807, 2.05) is 0 Å². The minimum atomic E-state index is -0.370. The zero-order valence-electron chi connectivity index (χ0n) is 15.2.